The summed E-state index contributed by atoms with van der Waals surface area (Å²) in [5, 5.41) is 9.30. The summed E-state index contributed by atoms with van der Waals surface area (Å²) >= 11 is 5.95. The molecule has 23 heavy (non-hydrogen) atoms. The normalized spacial score (nSPS) is 18.7. The van der Waals surface area contributed by atoms with E-state index in [4.69, 9.17) is 16.3 Å². The van der Waals surface area contributed by atoms with Gasteiger partial charge in [0, 0.05) is 26.2 Å². The number of ether oxygens (including phenoxy) is 1. The molecule has 0 aliphatic carbocycles. The van der Waals surface area contributed by atoms with Gasteiger partial charge in [0.15, 0.2) is 0 Å². The van der Waals surface area contributed by atoms with Gasteiger partial charge in [-0.05, 0) is 5.56 Å². The Bertz CT molecular complexity index is 692. The van der Waals surface area contributed by atoms with Crippen LogP contribution in [0.25, 0.3) is 0 Å². The highest BCUT2D eigenvalue weighted by atomic mass is 35.5. The Hall–Kier alpha value is -1.89. The fraction of sp³-hybridized carbons (Fsp3) is 0.375. The van der Waals surface area contributed by atoms with Crippen molar-refractivity contribution in [2.75, 3.05) is 31.6 Å². The number of nitrogens with zero attached hydrogens (tertiary/aromatic N) is 2. The van der Waals surface area contributed by atoms with Crippen molar-refractivity contribution in [1.82, 2.24) is 15.1 Å². The van der Waals surface area contributed by atoms with Crippen molar-refractivity contribution in [3.8, 4) is 0 Å². The van der Waals surface area contributed by atoms with E-state index in [-0.39, 0.29) is 11.1 Å². The van der Waals surface area contributed by atoms with E-state index in [1.165, 1.54) is 11.8 Å². The number of hydrogen-bond acceptors (Lipinski definition) is 5. The van der Waals surface area contributed by atoms with Crippen molar-refractivity contribution in [2.24, 2.45) is 0 Å². The van der Waals surface area contributed by atoms with E-state index in [0.29, 0.717) is 18.8 Å². The third-order valence-corrected chi connectivity index (χ3v) is 4.16. The molecule has 0 bridgehead atoms. The van der Waals surface area contributed by atoms with Gasteiger partial charge < -0.3 is 10.1 Å². The lowest BCUT2D eigenvalue weighted by Crippen LogP contribution is -2.44. The molecule has 1 atom stereocenters. The number of halogens is 1. The predicted octanol–water partition coefficient (Wildman–Crippen LogP) is 1.74. The SMILES string of the molecule is O=c1[nH]ncc(NCC2CN(Cc3ccccc3)CCO2)c1Cl. The van der Waals surface area contributed by atoms with Crippen molar-refractivity contribution >= 4 is 17.3 Å². The first-order chi connectivity index (χ1) is 11.2. The van der Waals surface area contributed by atoms with E-state index < -0.39 is 5.56 Å². The van der Waals surface area contributed by atoms with Crippen molar-refractivity contribution in [1.29, 1.82) is 0 Å². The molecule has 1 fully saturated rings. The summed E-state index contributed by atoms with van der Waals surface area (Å²) in [6, 6.07) is 10.4. The van der Waals surface area contributed by atoms with Gasteiger partial charge in [0.1, 0.15) is 5.02 Å². The summed E-state index contributed by atoms with van der Waals surface area (Å²) in [6.07, 6.45) is 1.55. The lowest BCUT2D eigenvalue weighted by Gasteiger charge is -2.33. The van der Waals surface area contributed by atoms with Crippen LogP contribution in [0.5, 0.6) is 0 Å². The monoisotopic (exact) mass is 334 g/mol. The van der Waals surface area contributed by atoms with Crippen LogP contribution in [0.2, 0.25) is 5.02 Å². The van der Waals surface area contributed by atoms with Gasteiger partial charge in [-0.1, -0.05) is 41.9 Å². The Kier molecular flexibility index (Phi) is 5.27. The number of morpholine rings is 1. The summed E-state index contributed by atoms with van der Waals surface area (Å²) in [7, 11) is 0. The molecule has 2 heterocycles. The number of benzene rings is 1. The zero-order valence-electron chi connectivity index (χ0n) is 12.7. The second-order valence-electron chi connectivity index (χ2n) is 5.52. The molecule has 1 aliphatic rings. The molecule has 1 unspecified atom stereocenters. The molecule has 1 aromatic heterocycles. The van der Waals surface area contributed by atoms with Crippen LogP contribution >= 0.6 is 11.6 Å². The average Bonchev–Trinajstić information content (AvgIpc) is 2.57. The lowest BCUT2D eigenvalue weighted by atomic mass is 10.2. The van der Waals surface area contributed by atoms with E-state index >= 15 is 0 Å². The van der Waals surface area contributed by atoms with Crippen LogP contribution in [-0.2, 0) is 11.3 Å². The Balaban J connectivity index is 1.54. The van der Waals surface area contributed by atoms with Gasteiger partial charge in [0.25, 0.3) is 5.56 Å². The molecular weight excluding hydrogens is 316 g/mol. The van der Waals surface area contributed by atoms with Gasteiger partial charge in [-0.2, -0.15) is 5.10 Å². The fourth-order valence-electron chi connectivity index (χ4n) is 2.62. The van der Waals surface area contributed by atoms with Crippen LogP contribution in [0.1, 0.15) is 5.56 Å². The Morgan fingerprint density at radius 2 is 2.22 bits per heavy atom. The van der Waals surface area contributed by atoms with Gasteiger partial charge >= 0.3 is 0 Å². The molecule has 122 valence electrons. The van der Waals surface area contributed by atoms with Crippen molar-refractivity contribution in [3.63, 3.8) is 0 Å². The standard InChI is InChI=1S/C16H19ClN4O2/c17-15-14(9-19-20-16(15)22)18-8-13-11-21(6-7-23-13)10-12-4-2-1-3-5-12/h1-5,9,13H,6-8,10-11H2,(H2,18,20,22). The first-order valence-corrected chi connectivity index (χ1v) is 7.95. The number of nitrogens with one attached hydrogen (secondary N) is 2. The molecule has 1 aliphatic heterocycles. The average molecular weight is 335 g/mol. The summed E-state index contributed by atoms with van der Waals surface area (Å²) in [4.78, 5) is 13.8. The number of hydrogen-bond donors (Lipinski definition) is 2. The zero-order valence-corrected chi connectivity index (χ0v) is 13.4. The Labute approximate surface area is 139 Å². The number of anilines is 1. The van der Waals surface area contributed by atoms with Crippen molar-refractivity contribution in [3.05, 3.63) is 57.5 Å². The van der Waals surface area contributed by atoms with E-state index in [9.17, 15) is 4.79 Å². The van der Waals surface area contributed by atoms with Gasteiger partial charge in [0.05, 0.1) is 24.6 Å². The van der Waals surface area contributed by atoms with Crippen LogP contribution in [0, 0.1) is 0 Å². The van der Waals surface area contributed by atoms with Crippen molar-refractivity contribution in [2.45, 2.75) is 12.6 Å². The van der Waals surface area contributed by atoms with Gasteiger partial charge in [-0.15, -0.1) is 0 Å². The second kappa shape index (κ2) is 7.59. The topological polar surface area (TPSA) is 70.2 Å². The summed E-state index contributed by atoms with van der Waals surface area (Å²) < 4.78 is 5.78. The molecule has 7 heteroatoms. The van der Waals surface area contributed by atoms with E-state index in [1.54, 1.807) is 0 Å². The molecule has 0 saturated carbocycles. The van der Waals surface area contributed by atoms with Gasteiger partial charge in [-0.25, -0.2) is 5.10 Å². The van der Waals surface area contributed by atoms with Crippen LogP contribution in [0.15, 0.2) is 41.3 Å². The number of H-pyrrole nitrogens is 1. The zero-order chi connectivity index (χ0) is 16.1. The summed E-state index contributed by atoms with van der Waals surface area (Å²) in [5.41, 5.74) is 1.43. The van der Waals surface area contributed by atoms with Gasteiger partial charge in [-0.3, -0.25) is 9.69 Å². The summed E-state index contributed by atoms with van der Waals surface area (Å²) in [6.45, 7) is 3.93. The third-order valence-electron chi connectivity index (χ3n) is 3.79. The van der Waals surface area contributed by atoms with E-state index in [0.717, 1.165) is 19.6 Å². The highest BCUT2D eigenvalue weighted by molar-refractivity contribution is 6.32. The molecule has 1 aromatic carbocycles. The Morgan fingerprint density at radius 1 is 1.39 bits per heavy atom. The maximum absolute atomic E-state index is 11.4. The van der Waals surface area contributed by atoms with Gasteiger partial charge in [0.2, 0.25) is 0 Å². The molecule has 6 nitrogen and oxygen atoms in total. The quantitative estimate of drug-likeness (QED) is 0.871. The molecule has 0 amide bonds. The largest absolute Gasteiger partial charge is 0.380 e. The molecule has 0 radical (unpaired) electrons. The predicted molar refractivity (Wildman–Crippen MR) is 89.8 cm³/mol. The Morgan fingerprint density at radius 3 is 3.04 bits per heavy atom. The highest BCUT2D eigenvalue weighted by Gasteiger charge is 2.20. The van der Waals surface area contributed by atoms with Crippen molar-refractivity contribution < 1.29 is 4.74 Å². The maximum atomic E-state index is 11.4. The molecule has 0 spiro atoms. The van der Waals surface area contributed by atoms with E-state index in [2.05, 4.69) is 44.7 Å². The minimum Gasteiger partial charge on any atom is -0.380 e. The first-order valence-electron chi connectivity index (χ1n) is 7.57. The molecule has 3 rings (SSSR count). The molecule has 1 saturated heterocycles. The third kappa shape index (κ3) is 4.31. The number of rotatable bonds is 5. The summed E-state index contributed by atoms with van der Waals surface area (Å²) in [5.74, 6) is 0. The minimum atomic E-state index is -0.396. The fourth-order valence-corrected chi connectivity index (χ4v) is 2.78. The highest BCUT2D eigenvalue weighted by Crippen LogP contribution is 2.16. The van der Waals surface area contributed by atoms with E-state index in [1.807, 2.05) is 6.07 Å². The molecule has 2 aromatic rings. The van der Waals surface area contributed by atoms with Crippen LogP contribution in [-0.4, -0.2) is 47.4 Å². The maximum Gasteiger partial charge on any atom is 0.285 e. The number of aromatic amines is 1. The second-order valence-corrected chi connectivity index (χ2v) is 5.90. The van der Waals surface area contributed by atoms with Crippen LogP contribution in [0.3, 0.4) is 0 Å². The molecular formula is C16H19ClN4O2. The van der Waals surface area contributed by atoms with Crippen LogP contribution in [0.4, 0.5) is 5.69 Å². The lowest BCUT2D eigenvalue weighted by molar-refractivity contribution is -0.0240. The molecule has 2 N–H and O–H groups in total. The first kappa shape index (κ1) is 16.0. The minimum absolute atomic E-state index is 0.0443. The smallest absolute Gasteiger partial charge is 0.285 e. The van der Waals surface area contributed by atoms with Crippen LogP contribution < -0.4 is 10.9 Å². The number of aromatic nitrogens is 2.